The Labute approximate surface area is 121 Å². The van der Waals surface area contributed by atoms with Crippen molar-refractivity contribution in [2.24, 2.45) is 5.92 Å². The zero-order chi connectivity index (χ0) is 14.2. The number of imidazole rings is 1. The highest BCUT2D eigenvalue weighted by atomic mass is 14.9. The van der Waals surface area contributed by atoms with Crippen molar-refractivity contribution in [3.63, 3.8) is 0 Å². The molecule has 2 rings (SSSR count). The van der Waals surface area contributed by atoms with Gasteiger partial charge in [0, 0.05) is 25.4 Å². The van der Waals surface area contributed by atoms with Gasteiger partial charge >= 0.3 is 0 Å². The molecule has 0 aliphatic rings. The average molecular weight is 271 g/mol. The first kappa shape index (κ1) is 14.8. The number of aromatic nitrogens is 2. The van der Waals surface area contributed by atoms with Crippen LogP contribution in [0.2, 0.25) is 0 Å². The fourth-order valence-corrected chi connectivity index (χ4v) is 2.51. The summed E-state index contributed by atoms with van der Waals surface area (Å²) in [4.78, 5) is 7.38. The van der Waals surface area contributed by atoms with E-state index in [1.165, 1.54) is 5.56 Å². The number of hydrogen-bond donors (Lipinski definition) is 2. The van der Waals surface area contributed by atoms with Crippen LogP contribution in [0.25, 0.3) is 0 Å². The SMILES string of the molecule is CC(C)C(CNCCCc1ncc[nH]1)c1ccccc1. The van der Waals surface area contributed by atoms with Crippen molar-refractivity contribution < 1.29 is 0 Å². The molecule has 0 saturated heterocycles. The lowest BCUT2D eigenvalue weighted by atomic mass is 9.88. The maximum Gasteiger partial charge on any atom is 0.106 e. The lowest BCUT2D eigenvalue weighted by Crippen LogP contribution is -2.26. The molecule has 1 unspecified atom stereocenters. The van der Waals surface area contributed by atoms with E-state index in [1.807, 2.05) is 12.4 Å². The Bertz CT molecular complexity index is 462. The molecule has 0 saturated carbocycles. The minimum absolute atomic E-state index is 0.583. The van der Waals surface area contributed by atoms with E-state index in [4.69, 9.17) is 0 Å². The Balaban J connectivity index is 1.73. The summed E-state index contributed by atoms with van der Waals surface area (Å²) in [6.07, 6.45) is 5.82. The number of H-pyrrole nitrogens is 1. The summed E-state index contributed by atoms with van der Waals surface area (Å²) in [5, 5.41) is 3.59. The highest BCUT2D eigenvalue weighted by Gasteiger charge is 2.14. The number of nitrogens with one attached hydrogen (secondary N) is 2. The molecular weight excluding hydrogens is 246 g/mol. The molecule has 0 amide bonds. The summed E-state index contributed by atoms with van der Waals surface area (Å²) in [5.41, 5.74) is 1.43. The smallest absolute Gasteiger partial charge is 0.106 e. The van der Waals surface area contributed by atoms with Crippen LogP contribution in [0.1, 0.15) is 37.6 Å². The van der Waals surface area contributed by atoms with Gasteiger partial charge in [0.15, 0.2) is 0 Å². The molecule has 3 heteroatoms. The van der Waals surface area contributed by atoms with Gasteiger partial charge in [0.05, 0.1) is 0 Å². The molecule has 1 aromatic carbocycles. The van der Waals surface area contributed by atoms with Crippen molar-refractivity contribution in [3.05, 3.63) is 54.1 Å². The molecule has 1 atom stereocenters. The summed E-state index contributed by atoms with van der Waals surface area (Å²) in [6, 6.07) is 10.8. The number of aryl methyl sites for hydroxylation is 1. The van der Waals surface area contributed by atoms with E-state index in [0.717, 1.165) is 31.8 Å². The Morgan fingerprint density at radius 2 is 2.00 bits per heavy atom. The average Bonchev–Trinajstić information content (AvgIpc) is 2.96. The molecule has 0 bridgehead atoms. The zero-order valence-electron chi connectivity index (χ0n) is 12.5. The minimum atomic E-state index is 0.583. The molecule has 0 spiro atoms. The first-order chi connectivity index (χ1) is 9.77. The fourth-order valence-electron chi connectivity index (χ4n) is 2.51. The number of hydrogen-bond acceptors (Lipinski definition) is 2. The highest BCUT2D eigenvalue weighted by Crippen LogP contribution is 2.23. The third-order valence-electron chi connectivity index (χ3n) is 3.72. The monoisotopic (exact) mass is 271 g/mol. The van der Waals surface area contributed by atoms with Crippen LogP contribution in [-0.4, -0.2) is 23.1 Å². The third kappa shape index (κ3) is 4.49. The Morgan fingerprint density at radius 1 is 1.20 bits per heavy atom. The van der Waals surface area contributed by atoms with Gasteiger partial charge in [0.25, 0.3) is 0 Å². The standard InChI is InChI=1S/C17H25N3/c1-14(2)16(15-7-4-3-5-8-15)13-18-10-6-9-17-19-11-12-20-17/h3-5,7-8,11-12,14,16,18H,6,9-10,13H2,1-2H3,(H,19,20). The number of rotatable bonds is 8. The van der Waals surface area contributed by atoms with Gasteiger partial charge in [-0.05, 0) is 30.4 Å². The third-order valence-corrected chi connectivity index (χ3v) is 3.72. The van der Waals surface area contributed by atoms with Crippen LogP contribution in [0.15, 0.2) is 42.7 Å². The highest BCUT2D eigenvalue weighted by molar-refractivity contribution is 5.20. The second kappa shape index (κ2) is 7.85. The first-order valence-electron chi connectivity index (χ1n) is 7.51. The van der Waals surface area contributed by atoms with Gasteiger partial charge in [-0.15, -0.1) is 0 Å². The Morgan fingerprint density at radius 3 is 2.65 bits per heavy atom. The van der Waals surface area contributed by atoms with Gasteiger partial charge in [-0.25, -0.2) is 4.98 Å². The predicted octanol–water partition coefficient (Wildman–Crippen LogP) is 3.37. The lowest BCUT2D eigenvalue weighted by Gasteiger charge is -2.22. The molecule has 108 valence electrons. The van der Waals surface area contributed by atoms with Crippen molar-refractivity contribution in [2.45, 2.75) is 32.6 Å². The molecule has 0 radical (unpaired) electrons. The predicted molar refractivity (Wildman–Crippen MR) is 83.8 cm³/mol. The van der Waals surface area contributed by atoms with Crippen molar-refractivity contribution >= 4 is 0 Å². The van der Waals surface area contributed by atoms with Crippen molar-refractivity contribution in [2.75, 3.05) is 13.1 Å². The van der Waals surface area contributed by atoms with Crippen LogP contribution in [0.5, 0.6) is 0 Å². The van der Waals surface area contributed by atoms with E-state index in [0.29, 0.717) is 11.8 Å². The molecule has 0 aliphatic carbocycles. The minimum Gasteiger partial charge on any atom is -0.349 e. The Hall–Kier alpha value is -1.61. The van der Waals surface area contributed by atoms with E-state index < -0.39 is 0 Å². The molecule has 3 nitrogen and oxygen atoms in total. The molecule has 1 heterocycles. The van der Waals surface area contributed by atoms with E-state index in [9.17, 15) is 0 Å². The van der Waals surface area contributed by atoms with Crippen molar-refractivity contribution in [1.29, 1.82) is 0 Å². The van der Waals surface area contributed by atoms with Gasteiger partial charge < -0.3 is 10.3 Å². The normalized spacial score (nSPS) is 12.8. The quantitative estimate of drug-likeness (QED) is 0.723. The summed E-state index contributed by atoms with van der Waals surface area (Å²) in [6.45, 7) is 6.67. The number of nitrogens with zero attached hydrogens (tertiary/aromatic N) is 1. The van der Waals surface area contributed by atoms with Crippen LogP contribution in [-0.2, 0) is 6.42 Å². The number of aromatic amines is 1. The molecule has 2 aromatic rings. The van der Waals surface area contributed by atoms with Crippen LogP contribution in [0, 0.1) is 5.92 Å². The second-order valence-electron chi connectivity index (χ2n) is 5.60. The summed E-state index contributed by atoms with van der Waals surface area (Å²) in [7, 11) is 0. The van der Waals surface area contributed by atoms with Gasteiger partial charge in [0.2, 0.25) is 0 Å². The molecule has 0 fully saturated rings. The van der Waals surface area contributed by atoms with Gasteiger partial charge in [-0.2, -0.15) is 0 Å². The van der Waals surface area contributed by atoms with Crippen LogP contribution in [0.3, 0.4) is 0 Å². The summed E-state index contributed by atoms with van der Waals surface area (Å²) < 4.78 is 0. The topological polar surface area (TPSA) is 40.7 Å². The fraction of sp³-hybridized carbons (Fsp3) is 0.471. The van der Waals surface area contributed by atoms with Gasteiger partial charge in [0.1, 0.15) is 5.82 Å². The van der Waals surface area contributed by atoms with E-state index in [2.05, 4.69) is 59.5 Å². The van der Waals surface area contributed by atoms with Gasteiger partial charge in [-0.3, -0.25) is 0 Å². The largest absolute Gasteiger partial charge is 0.349 e. The Kier molecular flexibility index (Phi) is 5.81. The number of benzene rings is 1. The van der Waals surface area contributed by atoms with E-state index in [-0.39, 0.29) is 0 Å². The first-order valence-corrected chi connectivity index (χ1v) is 7.51. The molecule has 0 aliphatic heterocycles. The van der Waals surface area contributed by atoms with Gasteiger partial charge in [-0.1, -0.05) is 44.2 Å². The lowest BCUT2D eigenvalue weighted by molar-refractivity contribution is 0.459. The van der Waals surface area contributed by atoms with Crippen LogP contribution >= 0.6 is 0 Å². The zero-order valence-corrected chi connectivity index (χ0v) is 12.5. The van der Waals surface area contributed by atoms with Crippen LogP contribution in [0.4, 0.5) is 0 Å². The molecular formula is C17H25N3. The second-order valence-corrected chi connectivity index (χ2v) is 5.60. The summed E-state index contributed by atoms with van der Waals surface area (Å²) in [5.74, 6) is 2.31. The molecule has 1 aromatic heterocycles. The maximum absolute atomic E-state index is 4.24. The van der Waals surface area contributed by atoms with E-state index >= 15 is 0 Å². The van der Waals surface area contributed by atoms with Crippen molar-refractivity contribution in [3.8, 4) is 0 Å². The maximum atomic E-state index is 4.24. The molecule has 2 N–H and O–H groups in total. The van der Waals surface area contributed by atoms with Crippen molar-refractivity contribution in [1.82, 2.24) is 15.3 Å². The molecule has 20 heavy (non-hydrogen) atoms. The van der Waals surface area contributed by atoms with Crippen LogP contribution < -0.4 is 5.32 Å². The summed E-state index contributed by atoms with van der Waals surface area (Å²) >= 11 is 0. The van der Waals surface area contributed by atoms with E-state index in [1.54, 1.807) is 0 Å².